The van der Waals surface area contributed by atoms with Crippen LogP contribution in [0.1, 0.15) is 47.0 Å². The minimum Gasteiger partial charge on any atom is -0.494 e. The molecule has 4 rings (SSSR count). The van der Waals surface area contributed by atoms with Gasteiger partial charge in [-0.2, -0.15) is 4.98 Å². The Kier molecular flexibility index (Phi) is 6.06. The maximum atomic E-state index is 12.9. The van der Waals surface area contributed by atoms with E-state index in [1.807, 2.05) is 26.0 Å². The molecular formula is C23H25N3O5. The van der Waals surface area contributed by atoms with Gasteiger partial charge < -0.3 is 24.1 Å². The second-order valence-corrected chi connectivity index (χ2v) is 7.33. The molecule has 1 unspecified atom stereocenters. The molecule has 2 aromatic carbocycles. The first kappa shape index (κ1) is 20.7. The Morgan fingerprint density at radius 3 is 2.84 bits per heavy atom. The number of hydrogen-bond donors (Lipinski definition) is 1. The summed E-state index contributed by atoms with van der Waals surface area (Å²) >= 11 is 0. The summed E-state index contributed by atoms with van der Waals surface area (Å²) in [7, 11) is 0. The maximum absolute atomic E-state index is 12.9. The van der Waals surface area contributed by atoms with Crippen molar-refractivity contribution in [2.24, 2.45) is 0 Å². The first-order valence-corrected chi connectivity index (χ1v) is 10.3. The number of nitrogens with zero attached hydrogens (tertiary/aromatic N) is 2. The van der Waals surface area contributed by atoms with Gasteiger partial charge in [-0.05, 0) is 38.1 Å². The highest BCUT2D eigenvalue weighted by molar-refractivity contribution is 5.96. The summed E-state index contributed by atoms with van der Waals surface area (Å²) in [6, 6.07) is 11.0. The van der Waals surface area contributed by atoms with E-state index in [1.54, 1.807) is 31.2 Å². The number of ether oxygens (including phenoxy) is 3. The van der Waals surface area contributed by atoms with Crippen LogP contribution in [0.5, 0.6) is 17.2 Å². The van der Waals surface area contributed by atoms with Crippen LogP contribution in [0.15, 0.2) is 40.9 Å². The summed E-state index contributed by atoms with van der Waals surface area (Å²) in [6.45, 7) is 6.64. The minimum absolute atomic E-state index is 0.108. The van der Waals surface area contributed by atoms with E-state index in [1.165, 1.54) is 0 Å². The van der Waals surface area contributed by atoms with E-state index >= 15 is 0 Å². The third-order valence-electron chi connectivity index (χ3n) is 4.88. The lowest BCUT2D eigenvalue weighted by Crippen LogP contribution is -2.24. The normalized spacial score (nSPS) is 14.6. The van der Waals surface area contributed by atoms with Gasteiger partial charge in [0.15, 0.2) is 6.61 Å². The van der Waals surface area contributed by atoms with Gasteiger partial charge in [-0.15, -0.1) is 0 Å². The third kappa shape index (κ3) is 4.79. The Morgan fingerprint density at radius 2 is 2.06 bits per heavy atom. The number of para-hydroxylation sites is 1. The minimum atomic E-state index is -0.253. The van der Waals surface area contributed by atoms with E-state index < -0.39 is 0 Å². The van der Waals surface area contributed by atoms with Crippen molar-refractivity contribution in [1.29, 1.82) is 0 Å². The van der Waals surface area contributed by atoms with Crippen molar-refractivity contribution >= 4 is 5.91 Å². The predicted octanol–water partition coefficient (Wildman–Crippen LogP) is 3.61. The SMILES string of the molecule is CCOc1cc2c(cc1CNC(=O)c1ccccc1OCc1noc(C)n1)OC(C)C2. The van der Waals surface area contributed by atoms with Crippen molar-refractivity contribution in [2.75, 3.05) is 6.61 Å². The van der Waals surface area contributed by atoms with Gasteiger partial charge in [-0.25, -0.2) is 0 Å². The number of carbonyl (C=O) groups excluding carboxylic acids is 1. The molecule has 162 valence electrons. The number of amides is 1. The van der Waals surface area contributed by atoms with Crippen LogP contribution in [0, 0.1) is 6.92 Å². The van der Waals surface area contributed by atoms with E-state index in [9.17, 15) is 4.79 Å². The van der Waals surface area contributed by atoms with Crippen LogP contribution >= 0.6 is 0 Å². The molecule has 1 aromatic heterocycles. The number of aryl methyl sites for hydroxylation is 1. The lowest BCUT2D eigenvalue weighted by Gasteiger charge is -2.14. The fourth-order valence-electron chi connectivity index (χ4n) is 3.50. The van der Waals surface area contributed by atoms with E-state index in [4.69, 9.17) is 18.7 Å². The predicted molar refractivity (Wildman–Crippen MR) is 112 cm³/mol. The molecule has 8 nitrogen and oxygen atoms in total. The fourth-order valence-corrected chi connectivity index (χ4v) is 3.50. The summed E-state index contributed by atoms with van der Waals surface area (Å²) in [5.41, 5.74) is 2.41. The zero-order chi connectivity index (χ0) is 21.8. The van der Waals surface area contributed by atoms with Crippen LogP contribution in [0.3, 0.4) is 0 Å². The molecule has 31 heavy (non-hydrogen) atoms. The summed E-state index contributed by atoms with van der Waals surface area (Å²) in [5.74, 6) is 2.68. The Hall–Kier alpha value is -3.55. The van der Waals surface area contributed by atoms with Gasteiger partial charge in [-0.3, -0.25) is 4.79 Å². The Balaban J connectivity index is 1.46. The highest BCUT2D eigenvalue weighted by atomic mass is 16.5. The van der Waals surface area contributed by atoms with Crippen LogP contribution in [0.25, 0.3) is 0 Å². The lowest BCUT2D eigenvalue weighted by molar-refractivity contribution is 0.0945. The van der Waals surface area contributed by atoms with Gasteiger partial charge in [-0.1, -0.05) is 17.3 Å². The van der Waals surface area contributed by atoms with Crippen molar-refractivity contribution in [2.45, 2.75) is 46.4 Å². The Bertz CT molecular complexity index is 1080. The second kappa shape index (κ2) is 9.07. The highest BCUT2D eigenvalue weighted by Crippen LogP contribution is 2.35. The molecule has 0 spiro atoms. The molecule has 0 radical (unpaired) electrons. The Morgan fingerprint density at radius 1 is 1.23 bits per heavy atom. The van der Waals surface area contributed by atoms with Gasteiger partial charge in [0, 0.05) is 31.0 Å². The largest absolute Gasteiger partial charge is 0.494 e. The highest BCUT2D eigenvalue weighted by Gasteiger charge is 2.22. The van der Waals surface area contributed by atoms with Gasteiger partial charge in [0.2, 0.25) is 11.7 Å². The fraction of sp³-hybridized carbons (Fsp3) is 0.348. The van der Waals surface area contributed by atoms with Crippen LogP contribution in [0.4, 0.5) is 0 Å². The van der Waals surface area contributed by atoms with Crippen molar-refractivity contribution in [3.05, 3.63) is 64.8 Å². The standard InChI is InChI=1S/C23H25N3O5/c1-4-28-20-10-16-9-14(2)30-21(16)11-17(20)12-24-23(27)18-7-5-6-8-19(18)29-13-22-25-15(3)31-26-22/h5-8,10-11,14H,4,9,12-13H2,1-3H3,(H,24,27). The first-order valence-electron chi connectivity index (χ1n) is 10.3. The molecule has 1 aliphatic heterocycles. The van der Waals surface area contributed by atoms with Crippen molar-refractivity contribution in [1.82, 2.24) is 15.5 Å². The van der Waals surface area contributed by atoms with E-state index in [-0.39, 0.29) is 18.6 Å². The molecule has 0 saturated heterocycles. The smallest absolute Gasteiger partial charge is 0.255 e. The van der Waals surface area contributed by atoms with Crippen LogP contribution in [-0.2, 0) is 19.6 Å². The van der Waals surface area contributed by atoms with E-state index in [0.717, 1.165) is 29.0 Å². The molecule has 1 atom stereocenters. The quantitative estimate of drug-likeness (QED) is 0.591. The topological polar surface area (TPSA) is 95.7 Å². The van der Waals surface area contributed by atoms with Gasteiger partial charge >= 0.3 is 0 Å². The molecule has 8 heteroatoms. The van der Waals surface area contributed by atoms with E-state index in [2.05, 4.69) is 15.5 Å². The number of aromatic nitrogens is 2. The van der Waals surface area contributed by atoms with Crippen molar-refractivity contribution in [3.8, 4) is 17.2 Å². The van der Waals surface area contributed by atoms with Gasteiger partial charge in [0.25, 0.3) is 5.91 Å². The number of rotatable bonds is 8. The summed E-state index contributed by atoms with van der Waals surface area (Å²) in [6.07, 6.45) is 0.994. The van der Waals surface area contributed by atoms with E-state index in [0.29, 0.717) is 36.2 Å². The summed E-state index contributed by atoms with van der Waals surface area (Å²) in [5, 5.41) is 6.76. The van der Waals surface area contributed by atoms with Gasteiger partial charge in [0.05, 0.1) is 12.2 Å². The number of nitrogens with one attached hydrogen (secondary N) is 1. The number of fused-ring (bicyclic) bond motifs is 1. The zero-order valence-corrected chi connectivity index (χ0v) is 17.8. The number of carbonyl (C=O) groups is 1. The molecule has 0 aliphatic carbocycles. The first-order chi connectivity index (χ1) is 15.0. The maximum Gasteiger partial charge on any atom is 0.255 e. The van der Waals surface area contributed by atoms with Crippen LogP contribution in [-0.4, -0.2) is 28.8 Å². The van der Waals surface area contributed by atoms with Crippen molar-refractivity contribution < 1.29 is 23.5 Å². The molecule has 3 aromatic rings. The summed E-state index contributed by atoms with van der Waals surface area (Å²) in [4.78, 5) is 17.0. The monoisotopic (exact) mass is 423 g/mol. The molecule has 0 saturated carbocycles. The Labute approximate surface area is 180 Å². The molecule has 1 amide bonds. The van der Waals surface area contributed by atoms with Crippen molar-refractivity contribution in [3.63, 3.8) is 0 Å². The lowest BCUT2D eigenvalue weighted by atomic mass is 10.1. The molecular weight excluding hydrogens is 398 g/mol. The summed E-state index contributed by atoms with van der Waals surface area (Å²) < 4.78 is 22.4. The van der Waals surface area contributed by atoms with Crippen LogP contribution < -0.4 is 19.5 Å². The molecule has 1 N–H and O–H groups in total. The zero-order valence-electron chi connectivity index (χ0n) is 17.8. The average molecular weight is 423 g/mol. The van der Waals surface area contributed by atoms with Crippen LogP contribution in [0.2, 0.25) is 0 Å². The number of benzene rings is 2. The molecule has 2 heterocycles. The molecule has 1 aliphatic rings. The second-order valence-electron chi connectivity index (χ2n) is 7.33. The van der Waals surface area contributed by atoms with Gasteiger partial charge in [0.1, 0.15) is 23.4 Å². The molecule has 0 bridgehead atoms. The molecule has 0 fully saturated rings. The number of hydrogen-bond acceptors (Lipinski definition) is 7. The average Bonchev–Trinajstić information content (AvgIpc) is 3.34. The third-order valence-corrected chi connectivity index (χ3v) is 4.88.